The second kappa shape index (κ2) is 6.02. The number of carbonyl (C=O) groups excluding carboxylic acids is 1. The van der Waals surface area contributed by atoms with Gasteiger partial charge in [0.2, 0.25) is 5.91 Å². The first-order valence-corrected chi connectivity index (χ1v) is 5.46. The van der Waals surface area contributed by atoms with Crippen LogP contribution in [0.4, 0.5) is 0 Å². The Morgan fingerprint density at radius 3 is 2.43 bits per heavy atom. The van der Waals surface area contributed by atoms with Crippen LogP contribution in [0.5, 0.6) is 0 Å². The Balaban J connectivity index is 3.82. The molecule has 0 saturated heterocycles. The van der Waals surface area contributed by atoms with Gasteiger partial charge in [0.25, 0.3) is 0 Å². The summed E-state index contributed by atoms with van der Waals surface area (Å²) in [7, 11) is 0. The summed E-state index contributed by atoms with van der Waals surface area (Å²) in [5.41, 5.74) is 5.46. The Morgan fingerprint density at radius 2 is 2.00 bits per heavy atom. The highest BCUT2D eigenvalue weighted by atomic mass is 16.1. The molecule has 3 nitrogen and oxygen atoms in total. The van der Waals surface area contributed by atoms with E-state index in [0.717, 1.165) is 19.3 Å². The Kier molecular flexibility index (Phi) is 5.77. The molecule has 1 atom stereocenters. The minimum absolute atomic E-state index is 0.0300. The number of unbranched alkanes of at least 4 members (excludes halogenated alkanes) is 2. The van der Waals surface area contributed by atoms with Gasteiger partial charge in [0.1, 0.15) is 0 Å². The molecule has 0 spiro atoms. The lowest BCUT2D eigenvalue weighted by Gasteiger charge is -2.30. The van der Waals surface area contributed by atoms with Crippen LogP contribution in [0.15, 0.2) is 0 Å². The van der Waals surface area contributed by atoms with Crippen LogP contribution in [-0.2, 0) is 4.79 Å². The molecule has 0 saturated carbocycles. The maximum atomic E-state index is 11.5. The third-order valence-corrected chi connectivity index (χ3v) is 2.61. The first-order valence-electron chi connectivity index (χ1n) is 5.46. The van der Waals surface area contributed by atoms with E-state index in [1.807, 2.05) is 20.8 Å². The van der Waals surface area contributed by atoms with Gasteiger partial charge in [-0.1, -0.05) is 19.8 Å². The fraction of sp³-hybridized carbons (Fsp3) is 0.909. The van der Waals surface area contributed by atoms with E-state index in [-0.39, 0.29) is 17.5 Å². The van der Waals surface area contributed by atoms with Gasteiger partial charge in [-0.3, -0.25) is 4.79 Å². The predicted molar refractivity (Wildman–Crippen MR) is 60.0 cm³/mol. The highest BCUT2D eigenvalue weighted by molar-refractivity contribution is 5.76. The number of nitrogens with two attached hydrogens (primary N) is 1. The van der Waals surface area contributed by atoms with Crippen molar-refractivity contribution in [3.63, 3.8) is 0 Å². The van der Waals surface area contributed by atoms with Crippen molar-refractivity contribution in [2.45, 2.75) is 65.0 Å². The van der Waals surface area contributed by atoms with E-state index < -0.39 is 0 Å². The molecule has 0 bridgehead atoms. The Bertz CT molecular complexity index is 176. The Labute approximate surface area is 87.4 Å². The van der Waals surface area contributed by atoms with Crippen LogP contribution in [-0.4, -0.2) is 17.5 Å². The average molecular weight is 200 g/mol. The van der Waals surface area contributed by atoms with Gasteiger partial charge in [-0.05, 0) is 27.2 Å². The van der Waals surface area contributed by atoms with Crippen molar-refractivity contribution in [1.29, 1.82) is 0 Å². The van der Waals surface area contributed by atoms with Gasteiger partial charge in [-0.15, -0.1) is 0 Å². The van der Waals surface area contributed by atoms with Gasteiger partial charge in [0.05, 0.1) is 0 Å². The summed E-state index contributed by atoms with van der Waals surface area (Å²) in [4.78, 5) is 11.5. The third-order valence-electron chi connectivity index (χ3n) is 2.61. The van der Waals surface area contributed by atoms with Gasteiger partial charge in [0, 0.05) is 18.0 Å². The van der Waals surface area contributed by atoms with E-state index in [1.165, 1.54) is 0 Å². The summed E-state index contributed by atoms with van der Waals surface area (Å²) in [6.07, 6.45) is 3.84. The molecule has 3 heteroatoms. The van der Waals surface area contributed by atoms with Crippen LogP contribution in [0.25, 0.3) is 0 Å². The summed E-state index contributed by atoms with van der Waals surface area (Å²) in [6, 6.07) is -0.0300. The summed E-state index contributed by atoms with van der Waals surface area (Å²) in [6.45, 7) is 7.95. The van der Waals surface area contributed by atoms with Crippen LogP contribution in [0.1, 0.15) is 53.4 Å². The smallest absolute Gasteiger partial charge is 0.220 e. The van der Waals surface area contributed by atoms with Crippen LogP contribution < -0.4 is 11.1 Å². The predicted octanol–water partition coefficient (Wildman–Crippen LogP) is 1.81. The first kappa shape index (κ1) is 13.4. The number of carbonyl (C=O) groups is 1. The fourth-order valence-corrected chi connectivity index (χ4v) is 1.07. The average Bonchev–Trinajstić information content (AvgIpc) is 2.03. The number of rotatable bonds is 6. The van der Waals surface area contributed by atoms with E-state index in [1.54, 1.807) is 0 Å². The maximum Gasteiger partial charge on any atom is 0.220 e. The van der Waals surface area contributed by atoms with Gasteiger partial charge in [0.15, 0.2) is 0 Å². The van der Waals surface area contributed by atoms with Crippen molar-refractivity contribution in [2.24, 2.45) is 5.73 Å². The van der Waals surface area contributed by atoms with E-state index in [0.29, 0.717) is 6.42 Å². The summed E-state index contributed by atoms with van der Waals surface area (Å²) in [5, 5.41) is 2.95. The molecule has 0 aliphatic carbocycles. The molecule has 0 aromatic heterocycles. The largest absolute Gasteiger partial charge is 0.350 e. The number of amides is 1. The highest BCUT2D eigenvalue weighted by Gasteiger charge is 2.24. The fourth-order valence-electron chi connectivity index (χ4n) is 1.07. The molecule has 0 aliphatic rings. The van der Waals surface area contributed by atoms with Crippen molar-refractivity contribution in [3.05, 3.63) is 0 Å². The minimum atomic E-state index is -0.302. The molecule has 14 heavy (non-hydrogen) atoms. The van der Waals surface area contributed by atoms with Gasteiger partial charge in [-0.25, -0.2) is 0 Å². The van der Waals surface area contributed by atoms with Crippen LogP contribution >= 0.6 is 0 Å². The highest BCUT2D eigenvalue weighted by Crippen LogP contribution is 2.07. The SMILES string of the molecule is CCCCCC(=O)NC(C)(C)C(C)N. The van der Waals surface area contributed by atoms with E-state index in [4.69, 9.17) is 5.73 Å². The summed E-state index contributed by atoms with van der Waals surface area (Å²) < 4.78 is 0. The zero-order valence-electron chi connectivity index (χ0n) is 9.89. The van der Waals surface area contributed by atoms with Crippen molar-refractivity contribution < 1.29 is 4.79 Å². The number of hydrogen-bond donors (Lipinski definition) is 2. The van der Waals surface area contributed by atoms with E-state index >= 15 is 0 Å². The molecular weight excluding hydrogens is 176 g/mol. The summed E-state index contributed by atoms with van der Waals surface area (Å²) >= 11 is 0. The van der Waals surface area contributed by atoms with E-state index in [2.05, 4.69) is 12.2 Å². The topological polar surface area (TPSA) is 55.1 Å². The van der Waals surface area contributed by atoms with Gasteiger partial charge in [-0.2, -0.15) is 0 Å². The molecule has 0 fully saturated rings. The Hall–Kier alpha value is -0.570. The maximum absolute atomic E-state index is 11.5. The molecule has 84 valence electrons. The quantitative estimate of drug-likeness (QED) is 0.642. The zero-order valence-corrected chi connectivity index (χ0v) is 9.89. The molecule has 0 aliphatic heterocycles. The second-order valence-corrected chi connectivity index (χ2v) is 4.52. The standard InChI is InChI=1S/C11H24N2O/c1-5-6-7-8-10(14)13-11(3,4)9(2)12/h9H,5-8,12H2,1-4H3,(H,13,14). The molecule has 0 heterocycles. The molecule has 1 unspecified atom stereocenters. The molecule has 3 N–H and O–H groups in total. The molecule has 0 aromatic carbocycles. The second-order valence-electron chi connectivity index (χ2n) is 4.52. The van der Waals surface area contributed by atoms with Crippen molar-refractivity contribution in [3.8, 4) is 0 Å². The molecule has 1 amide bonds. The molecule has 0 radical (unpaired) electrons. The van der Waals surface area contributed by atoms with Crippen molar-refractivity contribution >= 4 is 5.91 Å². The van der Waals surface area contributed by atoms with Crippen molar-refractivity contribution in [2.75, 3.05) is 0 Å². The monoisotopic (exact) mass is 200 g/mol. The minimum Gasteiger partial charge on any atom is -0.350 e. The van der Waals surface area contributed by atoms with Gasteiger partial charge < -0.3 is 11.1 Å². The van der Waals surface area contributed by atoms with Crippen LogP contribution in [0.3, 0.4) is 0 Å². The molecule has 0 rings (SSSR count). The first-order chi connectivity index (χ1) is 6.40. The lowest BCUT2D eigenvalue weighted by Crippen LogP contribution is -2.54. The third kappa shape index (κ3) is 5.22. The zero-order chi connectivity index (χ0) is 11.2. The normalized spacial score (nSPS) is 13.8. The number of nitrogens with one attached hydrogen (secondary N) is 1. The van der Waals surface area contributed by atoms with E-state index in [9.17, 15) is 4.79 Å². The van der Waals surface area contributed by atoms with Crippen LogP contribution in [0, 0.1) is 0 Å². The molecular formula is C11H24N2O. The summed E-state index contributed by atoms with van der Waals surface area (Å²) in [5.74, 6) is 0.112. The van der Waals surface area contributed by atoms with Gasteiger partial charge >= 0.3 is 0 Å². The number of hydrogen-bond acceptors (Lipinski definition) is 2. The lowest BCUT2D eigenvalue weighted by molar-refractivity contribution is -0.123. The van der Waals surface area contributed by atoms with Crippen LogP contribution in [0.2, 0.25) is 0 Å². The lowest BCUT2D eigenvalue weighted by atomic mass is 9.96. The molecule has 0 aromatic rings. The Morgan fingerprint density at radius 1 is 1.43 bits per heavy atom. The van der Waals surface area contributed by atoms with Crippen molar-refractivity contribution in [1.82, 2.24) is 5.32 Å².